The van der Waals surface area contributed by atoms with Crippen molar-refractivity contribution in [3.63, 3.8) is 0 Å². The first-order chi connectivity index (χ1) is 0. The van der Waals surface area contributed by atoms with Crippen molar-refractivity contribution in [3.05, 3.63) is 0 Å². The van der Waals surface area contributed by atoms with Gasteiger partial charge < -0.3 is 0 Å². The molecule has 0 nitrogen and oxygen atoms in total. The summed E-state index contributed by atoms with van der Waals surface area (Å²) in [6.45, 7) is 0. The molecular weight excluding hydrogens is 370 g/mol. The Hall–Kier alpha value is 3.39. The topological polar surface area (TPSA) is 0 Å². The average molecular weight is 370 g/mol. The smallest absolute Gasteiger partial charge is 0 e. The van der Waals surface area contributed by atoms with Crippen molar-refractivity contribution in [1.29, 1.82) is 0 Å². The van der Waals surface area contributed by atoms with E-state index >= 15 is 0 Å². The first-order valence-electron chi connectivity index (χ1n) is 0. The Bertz CT molecular complexity index is 10.8. The number of rotatable bonds is 0. The first kappa shape index (κ1) is 57.5. The van der Waals surface area contributed by atoms with Crippen molar-refractivity contribution in [2.45, 2.75) is 0 Å². The summed E-state index contributed by atoms with van der Waals surface area (Å²) < 4.78 is 0. The van der Waals surface area contributed by atoms with E-state index in [0.29, 0.717) is 0 Å². The van der Waals surface area contributed by atoms with Gasteiger partial charge in [-0.3, -0.25) is 0 Å². The van der Waals surface area contributed by atoms with Gasteiger partial charge in [-0.05, 0) is 0 Å². The van der Waals surface area contributed by atoms with Gasteiger partial charge in [0, 0.05) is 109 Å². The van der Waals surface area contributed by atoms with Crippen molar-refractivity contribution in [3.8, 4) is 0 Å². The summed E-state index contributed by atoms with van der Waals surface area (Å²) in [5.41, 5.74) is 0. The molecular formula is CoFeNiZn3. The Morgan fingerprint density at radius 1 is 0.667 bits per heavy atom. The minimum Gasteiger partial charge on any atom is 0 e. The predicted molar refractivity (Wildman–Crippen MR) is 0 cm³/mol. The molecule has 0 fully saturated rings. The molecule has 0 saturated carbocycles. The molecule has 0 aromatic rings. The van der Waals surface area contributed by atoms with Crippen molar-refractivity contribution in [2.24, 2.45) is 0 Å². The van der Waals surface area contributed by atoms with Crippen LogP contribution in [0.4, 0.5) is 0 Å². The monoisotopic (exact) mass is 365 g/mol. The SMILES string of the molecule is [Co].[Fe].[Ni].[Zn].[Zn].[Zn]. The normalized spacial score (nSPS) is 0. The van der Waals surface area contributed by atoms with E-state index in [1.807, 2.05) is 0 Å². The molecule has 0 spiro atoms. The Morgan fingerprint density at radius 3 is 0.667 bits per heavy atom. The van der Waals surface area contributed by atoms with Gasteiger partial charge in [-0.15, -0.1) is 0 Å². The van der Waals surface area contributed by atoms with Gasteiger partial charge in [0.15, 0.2) is 0 Å². The van der Waals surface area contributed by atoms with Crippen molar-refractivity contribution < 1.29 is 109 Å². The van der Waals surface area contributed by atoms with E-state index in [4.69, 9.17) is 0 Å². The standard InChI is InChI=1S/Co.Fe.Ni.3Zn. The summed E-state index contributed by atoms with van der Waals surface area (Å²) in [6, 6.07) is 0. The minimum absolute atomic E-state index is 0. The minimum atomic E-state index is 0. The van der Waals surface area contributed by atoms with Crippen LogP contribution in [0.2, 0.25) is 0 Å². The van der Waals surface area contributed by atoms with Gasteiger partial charge in [0.25, 0.3) is 0 Å². The van der Waals surface area contributed by atoms with Crippen LogP contribution in [0.25, 0.3) is 0 Å². The Morgan fingerprint density at radius 2 is 0.667 bits per heavy atom. The Kier molecular flexibility index (Phi) is 382. The third-order valence-corrected chi connectivity index (χ3v) is 0. The van der Waals surface area contributed by atoms with Crippen LogP contribution in [-0.4, -0.2) is 0 Å². The molecule has 0 aliphatic heterocycles. The van der Waals surface area contributed by atoms with Gasteiger partial charge in [0.1, 0.15) is 0 Å². The van der Waals surface area contributed by atoms with E-state index in [-0.39, 0.29) is 109 Å². The molecule has 0 rings (SSSR count). The average Bonchev–Trinajstić information content (AvgIpc) is 0. The van der Waals surface area contributed by atoms with Crippen LogP contribution in [0.5, 0.6) is 0 Å². The second kappa shape index (κ2) is 39.9. The molecule has 33 valence electrons. The molecule has 0 aromatic heterocycles. The maximum absolute atomic E-state index is 0. The molecule has 0 bridgehead atoms. The third-order valence-electron chi connectivity index (χ3n) is 0. The van der Waals surface area contributed by atoms with Crippen molar-refractivity contribution in [1.82, 2.24) is 0 Å². The molecule has 0 amide bonds. The number of hydrogen-bond acceptors (Lipinski definition) is 0. The van der Waals surface area contributed by atoms with Crippen LogP contribution >= 0.6 is 0 Å². The quantitative estimate of drug-likeness (QED) is 0.527. The second-order valence-corrected chi connectivity index (χ2v) is 0. The van der Waals surface area contributed by atoms with Crippen LogP contribution in [0.15, 0.2) is 0 Å². The Labute approximate surface area is 107 Å². The third kappa shape index (κ3) is 26.3. The summed E-state index contributed by atoms with van der Waals surface area (Å²) in [5, 5.41) is 0. The largest absolute Gasteiger partial charge is 0 e. The zero-order valence-corrected chi connectivity index (χ0v) is 15.2. The van der Waals surface area contributed by atoms with Crippen LogP contribution in [0.3, 0.4) is 0 Å². The van der Waals surface area contributed by atoms with Crippen molar-refractivity contribution >= 4 is 0 Å². The molecule has 0 heterocycles. The summed E-state index contributed by atoms with van der Waals surface area (Å²) in [4.78, 5) is 0. The van der Waals surface area contributed by atoms with Crippen molar-refractivity contribution in [2.75, 3.05) is 0 Å². The Balaban J connectivity index is 0. The maximum Gasteiger partial charge on any atom is 0 e. The molecule has 0 aliphatic rings. The van der Waals surface area contributed by atoms with Gasteiger partial charge in [0.2, 0.25) is 0 Å². The van der Waals surface area contributed by atoms with Crippen LogP contribution in [-0.2, 0) is 109 Å². The van der Waals surface area contributed by atoms with E-state index < -0.39 is 0 Å². The molecule has 6 heteroatoms. The number of hydrogen-bond donors (Lipinski definition) is 0. The van der Waals surface area contributed by atoms with E-state index in [2.05, 4.69) is 0 Å². The summed E-state index contributed by atoms with van der Waals surface area (Å²) >= 11 is 0. The maximum atomic E-state index is 0. The zero-order chi connectivity index (χ0) is 0. The van der Waals surface area contributed by atoms with E-state index in [0.717, 1.165) is 0 Å². The summed E-state index contributed by atoms with van der Waals surface area (Å²) in [6.07, 6.45) is 0. The fraction of sp³-hybridized carbons (Fsp3) is 0. The van der Waals surface area contributed by atoms with E-state index in [1.165, 1.54) is 0 Å². The molecule has 0 saturated heterocycles. The van der Waals surface area contributed by atoms with E-state index in [9.17, 15) is 0 Å². The molecule has 6 heavy (non-hydrogen) atoms. The molecule has 0 aliphatic carbocycles. The molecule has 0 N–H and O–H groups in total. The molecule has 0 atom stereocenters. The molecule has 1 radical (unpaired) electrons. The second-order valence-electron chi connectivity index (χ2n) is 0. The van der Waals surface area contributed by atoms with Gasteiger partial charge in [-0.2, -0.15) is 0 Å². The van der Waals surface area contributed by atoms with Crippen LogP contribution in [0, 0.1) is 0 Å². The molecule has 0 aromatic carbocycles. The summed E-state index contributed by atoms with van der Waals surface area (Å²) in [7, 11) is 0. The van der Waals surface area contributed by atoms with Crippen LogP contribution < -0.4 is 0 Å². The summed E-state index contributed by atoms with van der Waals surface area (Å²) in [5.74, 6) is 0. The zero-order valence-electron chi connectivity index (χ0n) is 3.12. The van der Waals surface area contributed by atoms with E-state index in [1.54, 1.807) is 0 Å². The van der Waals surface area contributed by atoms with Crippen LogP contribution in [0.1, 0.15) is 0 Å². The predicted octanol–water partition coefficient (Wildman–Crippen LogP) is -0.0150. The van der Waals surface area contributed by atoms with Gasteiger partial charge in [-0.1, -0.05) is 0 Å². The van der Waals surface area contributed by atoms with Gasteiger partial charge in [-0.25, -0.2) is 0 Å². The fourth-order valence-corrected chi connectivity index (χ4v) is 0. The first-order valence-corrected chi connectivity index (χ1v) is 0. The molecule has 0 unspecified atom stereocenters. The van der Waals surface area contributed by atoms with Gasteiger partial charge in [0.05, 0.1) is 0 Å². The van der Waals surface area contributed by atoms with Gasteiger partial charge >= 0.3 is 0 Å². The fourth-order valence-electron chi connectivity index (χ4n) is 0.